The van der Waals surface area contributed by atoms with E-state index >= 15 is 0 Å². The molecule has 0 aliphatic carbocycles. The van der Waals surface area contributed by atoms with Gasteiger partial charge in [0.25, 0.3) is 0 Å². The molecule has 0 bridgehead atoms. The Bertz CT molecular complexity index is 534. The van der Waals surface area contributed by atoms with E-state index in [1.54, 1.807) is 11.3 Å². The number of rotatable bonds is 2. The van der Waals surface area contributed by atoms with Crippen molar-refractivity contribution in [2.24, 2.45) is 0 Å². The molecule has 1 aliphatic rings. The summed E-state index contributed by atoms with van der Waals surface area (Å²) in [5, 5.41) is 9.36. The first-order valence-corrected chi connectivity index (χ1v) is 7.32. The van der Waals surface area contributed by atoms with Crippen LogP contribution in [0.3, 0.4) is 0 Å². The Labute approximate surface area is 112 Å². The van der Waals surface area contributed by atoms with Crippen LogP contribution in [0.1, 0.15) is 24.6 Å². The van der Waals surface area contributed by atoms with Crippen molar-refractivity contribution < 1.29 is 5.11 Å². The van der Waals surface area contributed by atoms with Crippen molar-refractivity contribution in [2.75, 3.05) is 6.61 Å². The van der Waals surface area contributed by atoms with Crippen LogP contribution >= 0.6 is 27.3 Å². The molecular formula is C12H13BrN2OS. The number of halogens is 1. The molecule has 1 N–H and O–H groups in total. The van der Waals surface area contributed by atoms with Gasteiger partial charge < -0.3 is 9.67 Å². The van der Waals surface area contributed by atoms with Crippen molar-refractivity contribution in [3.63, 3.8) is 0 Å². The molecule has 0 spiro atoms. The third-order valence-corrected chi connectivity index (χ3v) is 4.82. The zero-order valence-electron chi connectivity index (χ0n) is 9.27. The highest BCUT2D eigenvalue weighted by Gasteiger charge is 2.22. The van der Waals surface area contributed by atoms with Crippen molar-refractivity contribution >= 4 is 27.3 Å². The summed E-state index contributed by atoms with van der Waals surface area (Å²) in [5.74, 6) is 1.25. The molecule has 0 amide bonds. The number of aliphatic hydroxyl groups is 1. The Hall–Kier alpha value is -0.650. The molecule has 3 nitrogen and oxygen atoms in total. The van der Waals surface area contributed by atoms with Gasteiger partial charge in [0.15, 0.2) is 0 Å². The summed E-state index contributed by atoms with van der Waals surface area (Å²) in [7, 11) is 0. The van der Waals surface area contributed by atoms with Crippen LogP contribution in [0.2, 0.25) is 0 Å². The molecule has 0 saturated carbocycles. The van der Waals surface area contributed by atoms with E-state index < -0.39 is 0 Å². The number of aryl methyl sites for hydroxylation is 1. The minimum absolute atomic E-state index is 0.199. The summed E-state index contributed by atoms with van der Waals surface area (Å²) in [6.45, 7) is 1.22. The molecule has 3 rings (SSSR count). The lowest BCUT2D eigenvalue weighted by Gasteiger charge is -2.21. The summed E-state index contributed by atoms with van der Waals surface area (Å²) < 4.78 is 3.31. The summed E-state index contributed by atoms with van der Waals surface area (Å²) in [6.07, 6.45) is 4.28. The summed E-state index contributed by atoms with van der Waals surface area (Å²) in [4.78, 5) is 5.86. The monoisotopic (exact) mass is 312 g/mol. The lowest BCUT2D eigenvalue weighted by molar-refractivity contribution is 0.238. The van der Waals surface area contributed by atoms with Crippen molar-refractivity contribution in [2.45, 2.75) is 25.3 Å². The number of aromatic nitrogens is 2. The van der Waals surface area contributed by atoms with Crippen LogP contribution in [-0.2, 0) is 6.54 Å². The highest BCUT2D eigenvalue weighted by molar-refractivity contribution is 9.11. The van der Waals surface area contributed by atoms with Gasteiger partial charge in [-0.1, -0.05) is 0 Å². The second kappa shape index (κ2) is 4.55. The number of fused-ring (bicyclic) bond motifs is 1. The maximum atomic E-state index is 9.36. The van der Waals surface area contributed by atoms with Crippen LogP contribution < -0.4 is 0 Å². The topological polar surface area (TPSA) is 38.0 Å². The van der Waals surface area contributed by atoms with Gasteiger partial charge >= 0.3 is 0 Å². The highest BCUT2D eigenvalue weighted by Crippen LogP contribution is 2.34. The Kier molecular flexibility index (Phi) is 3.06. The van der Waals surface area contributed by atoms with Crippen molar-refractivity contribution in [3.05, 3.63) is 27.9 Å². The SMILES string of the molecule is OCC1CCCn2cc(-c3ccc(Br)s3)nc21. The first kappa shape index (κ1) is 11.4. The normalized spacial score (nSPS) is 19.3. The van der Waals surface area contributed by atoms with Gasteiger partial charge in [0.05, 0.1) is 21.0 Å². The number of imidazole rings is 1. The first-order chi connectivity index (χ1) is 8.28. The number of nitrogens with zero attached hydrogens (tertiary/aromatic N) is 2. The molecule has 5 heteroatoms. The van der Waals surface area contributed by atoms with Crippen LogP contribution in [0, 0.1) is 0 Å². The number of aliphatic hydroxyl groups excluding tert-OH is 1. The van der Waals surface area contributed by atoms with E-state index in [0.29, 0.717) is 0 Å². The minimum atomic E-state index is 0.199. The highest BCUT2D eigenvalue weighted by atomic mass is 79.9. The summed E-state index contributed by atoms with van der Waals surface area (Å²) in [5.41, 5.74) is 1.02. The fourth-order valence-corrected chi connectivity index (χ4v) is 3.66. The Morgan fingerprint density at radius 3 is 3.12 bits per heavy atom. The largest absolute Gasteiger partial charge is 0.396 e. The molecule has 1 aliphatic heterocycles. The standard InChI is InChI=1S/C12H13BrN2OS/c13-11-4-3-10(17-11)9-6-15-5-1-2-8(7-16)12(15)14-9/h3-4,6,8,16H,1-2,5,7H2. The maximum Gasteiger partial charge on any atom is 0.114 e. The van der Waals surface area contributed by atoms with Gasteiger partial charge in [0.2, 0.25) is 0 Å². The second-order valence-electron chi connectivity index (χ2n) is 4.30. The Morgan fingerprint density at radius 2 is 2.41 bits per heavy atom. The van der Waals surface area contributed by atoms with Crippen LogP contribution in [0.4, 0.5) is 0 Å². The molecule has 0 aromatic carbocycles. The number of hydrogen-bond acceptors (Lipinski definition) is 3. The Balaban J connectivity index is 2.01. The number of hydrogen-bond donors (Lipinski definition) is 1. The van der Waals surface area contributed by atoms with Gasteiger partial charge in [0, 0.05) is 18.7 Å². The third-order valence-electron chi connectivity index (χ3n) is 3.17. The van der Waals surface area contributed by atoms with Crippen molar-refractivity contribution in [1.29, 1.82) is 0 Å². The lowest BCUT2D eigenvalue weighted by Crippen LogP contribution is -2.18. The van der Waals surface area contributed by atoms with E-state index in [1.807, 2.05) is 6.07 Å². The molecule has 0 fully saturated rings. The molecular weight excluding hydrogens is 300 g/mol. The van der Waals surface area contributed by atoms with Crippen molar-refractivity contribution in [1.82, 2.24) is 9.55 Å². The van der Waals surface area contributed by atoms with E-state index in [-0.39, 0.29) is 12.5 Å². The molecule has 1 unspecified atom stereocenters. The molecule has 0 radical (unpaired) electrons. The predicted molar refractivity (Wildman–Crippen MR) is 72.3 cm³/mol. The molecule has 3 heterocycles. The minimum Gasteiger partial charge on any atom is -0.396 e. The van der Waals surface area contributed by atoms with E-state index in [1.165, 1.54) is 4.88 Å². The molecule has 2 aromatic heterocycles. The van der Waals surface area contributed by atoms with E-state index in [9.17, 15) is 5.11 Å². The average molecular weight is 313 g/mol. The van der Waals surface area contributed by atoms with Gasteiger partial charge in [-0.05, 0) is 40.9 Å². The molecule has 1 atom stereocenters. The first-order valence-electron chi connectivity index (χ1n) is 5.71. The molecule has 90 valence electrons. The number of thiophene rings is 1. The van der Waals surface area contributed by atoms with Crippen molar-refractivity contribution in [3.8, 4) is 10.6 Å². The fourth-order valence-electron chi connectivity index (χ4n) is 2.32. The molecule has 0 saturated heterocycles. The lowest BCUT2D eigenvalue weighted by atomic mass is 10.0. The van der Waals surface area contributed by atoms with Crippen LogP contribution in [0.25, 0.3) is 10.6 Å². The van der Waals surface area contributed by atoms with Gasteiger partial charge in [-0.25, -0.2) is 4.98 Å². The summed E-state index contributed by atoms with van der Waals surface area (Å²) in [6, 6.07) is 4.12. The van der Waals surface area contributed by atoms with E-state index in [4.69, 9.17) is 0 Å². The van der Waals surface area contributed by atoms with Gasteiger partial charge in [-0.15, -0.1) is 11.3 Å². The van der Waals surface area contributed by atoms with Crippen LogP contribution in [-0.4, -0.2) is 21.3 Å². The maximum absolute atomic E-state index is 9.36. The van der Waals surface area contributed by atoms with Crippen LogP contribution in [0.15, 0.2) is 22.1 Å². The average Bonchev–Trinajstić information content (AvgIpc) is 2.93. The zero-order valence-corrected chi connectivity index (χ0v) is 11.7. The van der Waals surface area contributed by atoms with Gasteiger partial charge in [-0.3, -0.25) is 0 Å². The summed E-state index contributed by atoms with van der Waals surface area (Å²) >= 11 is 5.16. The molecule has 17 heavy (non-hydrogen) atoms. The Morgan fingerprint density at radius 1 is 1.53 bits per heavy atom. The quantitative estimate of drug-likeness (QED) is 0.924. The van der Waals surface area contributed by atoms with E-state index in [0.717, 1.165) is 34.7 Å². The van der Waals surface area contributed by atoms with Gasteiger partial charge in [-0.2, -0.15) is 0 Å². The third kappa shape index (κ3) is 2.07. The van der Waals surface area contributed by atoms with Crippen LogP contribution in [0.5, 0.6) is 0 Å². The van der Waals surface area contributed by atoms with E-state index in [2.05, 4.69) is 37.7 Å². The molecule has 2 aromatic rings. The zero-order chi connectivity index (χ0) is 11.8. The van der Waals surface area contributed by atoms with Gasteiger partial charge in [0.1, 0.15) is 5.82 Å². The predicted octanol–water partition coefficient (Wildman–Crippen LogP) is 3.24. The fraction of sp³-hybridized carbons (Fsp3) is 0.417. The second-order valence-corrected chi connectivity index (χ2v) is 6.77. The smallest absolute Gasteiger partial charge is 0.114 e.